The predicted octanol–water partition coefficient (Wildman–Crippen LogP) is 2.97. The second-order valence-electron chi connectivity index (χ2n) is 4.98. The van der Waals surface area contributed by atoms with Crippen LogP contribution in [0.5, 0.6) is 0 Å². The van der Waals surface area contributed by atoms with Gasteiger partial charge >= 0.3 is 0 Å². The maximum absolute atomic E-state index is 8.84. The summed E-state index contributed by atoms with van der Waals surface area (Å²) in [7, 11) is 0. The molecule has 2 aromatic rings. The molecule has 1 N–H and O–H groups in total. The molecule has 0 unspecified atom stereocenters. The van der Waals surface area contributed by atoms with E-state index in [-0.39, 0.29) is 6.61 Å². The molecule has 20 heavy (non-hydrogen) atoms. The van der Waals surface area contributed by atoms with Crippen molar-refractivity contribution in [1.29, 1.82) is 0 Å². The lowest BCUT2D eigenvalue weighted by atomic mass is 10.1. The van der Waals surface area contributed by atoms with Crippen molar-refractivity contribution in [2.45, 2.75) is 38.5 Å². The Bertz CT molecular complexity index is 499. The Morgan fingerprint density at radius 3 is 2.05 bits per heavy atom. The first-order chi connectivity index (χ1) is 9.88. The number of pyridine rings is 2. The van der Waals surface area contributed by atoms with Crippen molar-refractivity contribution in [3.63, 3.8) is 0 Å². The Balaban J connectivity index is 1.73. The van der Waals surface area contributed by atoms with E-state index in [9.17, 15) is 0 Å². The quantitative estimate of drug-likeness (QED) is 0.750. The summed E-state index contributed by atoms with van der Waals surface area (Å²) in [6.07, 6.45) is 7.81. The van der Waals surface area contributed by atoms with Gasteiger partial charge < -0.3 is 5.11 Å². The molecule has 0 aromatic carbocycles. The number of aryl methyl sites for hydroxylation is 3. The SMILES string of the molecule is OCCCc1cccc(CCCCc2ccccn2)n1. The van der Waals surface area contributed by atoms with E-state index in [1.807, 2.05) is 24.4 Å². The van der Waals surface area contributed by atoms with E-state index in [0.29, 0.717) is 0 Å². The Labute approximate surface area is 120 Å². The standard InChI is InChI=1S/C17H22N2O/c20-14-6-12-17-11-5-10-16(19-17)9-2-1-7-15-8-3-4-13-18-15/h3-5,8,10-11,13,20H,1-2,6-7,9,12,14H2. The van der Waals surface area contributed by atoms with Gasteiger partial charge in [-0.2, -0.15) is 0 Å². The van der Waals surface area contributed by atoms with Crippen LogP contribution in [0.25, 0.3) is 0 Å². The average Bonchev–Trinajstić information content (AvgIpc) is 2.51. The predicted molar refractivity (Wildman–Crippen MR) is 80.5 cm³/mol. The van der Waals surface area contributed by atoms with Crippen LogP contribution in [0, 0.1) is 0 Å². The van der Waals surface area contributed by atoms with E-state index >= 15 is 0 Å². The summed E-state index contributed by atoms with van der Waals surface area (Å²) >= 11 is 0. The van der Waals surface area contributed by atoms with E-state index in [1.165, 1.54) is 0 Å². The minimum Gasteiger partial charge on any atom is -0.396 e. The molecule has 2 heterocycles. The molecule has 0 spiro atoms. The van der Waals surface area contributed by atoms with Gasteiger partial charge in [0.15, 0.2) is 0 Å². The van der Waals surface area contributed by atoms with Crippen LogP contribution in [-0.2, 0) is 19.3 Å². The molecule has 0 bridgehead atoms. The second kappa shape index (κ2) is 8.43. The van der Waals surface area contributed by atoms with Gasteiger partial charge in [0, 0.05) is 29.9 Å². The van der Waals surface area contributed by atoms with Crippen LogP contribution >= 0.6 is 0 Å². The Hall–Kier alpha value is -1.74. The minimum atomic E-state index is 0.232. The average molecular weight is 270 g/mol. The molecule has 0 aliphatic rings. The van der Waals surface area contributed by atoms with Crippen molar-refractivity contribution in [3.05, 3.63) is 59.7 Å². The number of aliphatic hydroxyl groups excluding tert-OH is 1. The van der Waals surface area contributed by atoms with Gasteiger partial charge in [0.05, 0.1) is 0 Å². The first-order valence-electron chi connectivity index (χ1n) is 7.34. The fraction of sp³-hybridized carbons (Fsp3) is 0.412. The van der Waals surface area contributed by atoms with Crippen LogP contribution in [0.1, 0.15) is 36.3 Å². The van der Waals surface area contributed by atoms with E-state index in [2.05, 4.69) is 28.2 Å². The number of nitrogens with zero attached hydrogens (tertiary/aromatic N) is 2. The number of rotatable bonds is 8. The maximum Gasteiger partial charge on any atom is 0.0434 e. The summed E-state index contributed by atoms with van der Waals surface area (Å²) in [6.45, 7) is 0.232. The summed E-state index contributed by atoms with van der Waals surface area (Å²) in [6, 6.07) is 12.2. The van der Waals surface area contributed by atoms with Crippen molar-refractivity contribution in [2.75, 3.05) is 6.61 Å². The fourth-order valence-corrected chi connectivity index (χ4v) is 2.23. The zero-order valence-corrected chi connectivity index (χ0v) is 11.8. The largest absolute Gasteiger partial charge is 0.396 e. The molecule has 0 fully saturated rings. The third-order valence-electron chi connectivity index (χ3n) is 3.30. The van der Waals surface area contributed by atoms with Crippen molar-refractivity contribution < 1.29 is 5.11 Å². The number of hydrogen-bond donors (Lipinski definition) is 1. The van der Waals surface area contributed by atoms with Gasteiger partial charge in [0.1, 0.15) is 0 Å². The topological polar surface area (TPSA) is 46.0 Å². The van der Waals surface area contributed by atoms with Crippen molar-refractivity contribution in [1.82, 2.24) is 9.97 Å². The molecule has 0 atom stereocenters. The van der Waals surface area contributed by atoms with Crippen molar-refractivity contribution in [2.24, 2.45) is 0 Å². The highest BCUT2D eigenvalue weighted by Crippen LogP contribution is 2.08. The third kappa shape index (κ3) is 5.10. The van der Waals surface area contributed by atoms with Crippen molar-refractivity contribution in [3.8, 4) is 0 Å². The molecule has 0 radical (unpaired) electrons. The van der Waals surface area contributed by atoms with Gasteiger partial charge in [-0.15, -0.1) is 0 Å². The molecular formula is C17H22N2O. The number of aromatic nitrogens is 2. The van der Waals surface area contributed by atoms with Crippen LogP contribution in [0.3, 0.4) is 0 Å². The summed E-state index contributed by atoms with van der Waals surface area (Å²) in [5, 5.41) is 8.84. The normalized spacial score (nSPS) is 10.7. The lowest BCUT2D eigenvalue weighted by Crippen LogP contribution is -1.98. The fourth-order valence-electron chi connectivity index (χ4n) is 2.23. The smallest absolute Gasteiger partial charge is 0.0434 e. The minimum absolute atomic E-state index is 0.232. The molecule has 0 aliphatic heterocycles. The summed E-state index contributed by atoms with van der Waals surface area (Å²) in [5.41, 5.74) is 3.40. The zero-order valence-electron chi connectivity index (χ0n) is 11.8. The van der Waals surface area contributed by atoms with Gasteiger partial charge in [0.25, 0.3) is 0 Å². The highest BCUT2D eigenvalue weighted by atomic mass is 16.2. The third-order valence-corrected chi connectivity index (χ3v) is 3.30. The Morgan fingerprint density at radius 1 is 0.750 bits per heavy atom. The maximum atomic E-state index is 8.84. The van der Waals surface area contributed by atoms with Gasteiger partial charge in [-0.1, -0.05) is 12.1 Å². The molecule has 3 heteroatoms. The van der Waals surface area contributed by atoms with Crippen molar-refractivity contribution >= 4 is 0 Å². The van der Waals surface area contributed by atoms with Gasteiger partial charge in [-0.3, -0.25) is 9.97 Å². The van der Waals surface area contributed by atoms with Crippen LogP contribution < -0.4 is 0 Å². The lowest BCUT2D eigenvalue weighted by Gasteiger charge is -2.04. The van der Waals surface area contributed by atoms with Crippen LogP contribution in [0.2, 0.25) is 0 Å². The molecule has 106 valence electrons. The number of hydrogen-bond acceptors (Lipinski definition) is 3. The lowest BCUT2D eigenvalue weighted by molar-refractivity contribution is 0.288. The monoisotopic (exact) mass is 270 g/mol. The van der Waals surface area contributed by atoms with E-state index in [1.54, 1.807) is 0 Å². The van der Waals surface area contributed by atoms with E-state index < -0.39 is 0 Å². The van der Waals surface area contributed by atoms with Crippen LogP contribution in [-0.4, -0.2) is 21.7 Å². The van der Waals surface area contributed by atoms with Gasteiger partial charge in [0.2, 0.25) is 0 Å². The Morgan fingerprint density at radius 2 is 1.40 bits per heavy atom. The Kier molecular flexibility index (Phi) is 6.18. The number of aliphatic hydroxyl groups is 1. The van der Waals surface area contributed by atoms with E-state index in [4.69, 9.17) is 5.11 Å². The molecule has 2 rings (SSSR count). The molecular weight excluding hydrogens is 248 g/mol. The summed E-state index contributed by atoms with van der Waals surface area (Å²) in [4.78, 5) is 8.96. The molecule has 0 saturated carbocycles. The molecule has 2 aromatic heterocycles. The second-order valence-corrected chi connectivity index (χ2v) is 4.98. The molecule has 0 amide bonds. The molecule has 0 aliphatic carbocycles. The highest BCUT2D eigenvalue weighted by molar-refractivity contribution is 5.11. The summed E-state index contributed by atoms with van der Waals surface area (Å²) in [5.74, 6) is 0. The van der Waals surface area contributed by atoms with Crippen LogP contribution in [0.15, 0.2) is 42.6 Å². The van der Waals surface area contributed by atoms with Gasteiger partial charge in [-0.05, 0) is 62.8 Å². The highest BCUT2D eigenvalue weighted by Gasteiger charge is 1.99. The molecule has 3 nitrogen and oxygen atoms in total. The van der Waals surface area contributed by atoms with E-state index in [0.717, 1.165) is 55.6 Å². The van der Waals surface area contributed by atoms with Crippen LogP contribution in [0.4, 0.5) is 0 Å². The van der Waals surface area contributed by atoms with Gasteiger partial charge in [-0.25, -0.2) is 0 Å². The summed E-state index contributed by atoms with van der Waals surface area (Å²) < 4.78 is 0. The first kappa shape index (κ1) is 14.7. The first-order valence-corrected chi connectivity index (χ1v) is 7.34. The number of unbranched alkanes of at least 4 members (excludes halogenated alkanes) is 1. The molecule has 0 saturated heterocycles. The zero-order chi connectivity index (χ0) is 14.0.